The number of rotatable bonds is 3. The molecule has 0 saturated carbocycles. The zero-order chi connectivity index (χ0) is 15.9. The lowest BCUT2D eigenvalue weighted by Gasteiger charge is -2.23. The number of ether oxygens (including phenoxy) is 1. The predicted molar refractivity (Wildman–Crippen MR) is 82.1 cm³/mol. The largest absolute Gasteiger partial charge is 0.417 e. The van der Waals surface area contributed by atoms with Crippen LogP contribution in [0, 0.1) is 5.92 Å². The highest BCUT2D eigenvalue weighted by Gasteiger charge is 2.48. The first-order chi connectivity index (χ1) is 10.5. The van der Waals surface area contributed by atoms with E-state index < -0.39 is 11.7 Å². The third-order valence-corrected chi connectivity index (χ3v) is 4.37. The maximum Gasteiger partial charge on any atom is 0.127 e. The highest BCUT2D eigenvalue weighted by atomic mass is 16.6. The van der Waals surface area contributed by atoms with Crippen LogP contribution < -0.4 is 4.84 Å². The van der Waals surface area contributed by atoms with E-state index in [1.807, 2.05) is 44.3 Å². The van der Waals surface area contributed by atoms with E-state index in [9.17, 15) is 10.3 Å². The third kappa shape index (κ3) is 2.07. The monoisotopic (exact) mass is 304 g/mol. The highest BCUT2D eigenvalue weighted by molar-refractivity contribution is 5.98. The number of para-hydroxylation sites is 1. The van der Waals surface area contributed by atoms with Gasteiger partial charge >= 0.3 is 0 Å². The fourth-order valence-corrected chi connectivity index (χ4v) is 3.18. The molecule has 1 aliphatic rings. The van der Waals surface area contributed by atoms with Gasteiger partial charge in [-0.3, -0.25) is 0 Å². The zero-order valence-electron chi connectivity index (χ0n) is 12.9. The lowest BCUT2D eigenvalue weighted by Crippen LogP contribution is -2.32. The summed E-state index contributed by atoms with van der Waals surface area (Å²) in [5.41, 5.74) is 1.59. The normalized spacial score (nSPS) is 25.9. The average Bonchev–Trinajstić information content (AvgIpc) is 3.00. The maximum absolute atomic E-state index is 9.63. The molecule has 0 spiro atoms. The minimum Gasteiger partial charge on any atom is -0.417 e. The topological polar surface area (TPSA) is 76.2 Å². The van der Waals surface area contributed by atoms with Crippen molar-refractivity contribution in [2.75, 3.05) is 13.7 Å². The van der Waals surface area contributed by atoms with Crippen molar-refractivity contribution in [2.45, 2.75) is 25.6 Å². The van der Waals surface area contributed by atoms with Gasteiger partial charge in [0.1, 0.15) is 13.2 Å². The Morgan fingerprint density at radius 1 is 1.36 bits per heavy atom. The van der Waals surface area contributed by atoms with E-state index in [4.69, 9.17) is 9.57 Å². The molecule has 1 fully saturated rings. The van der Waals surface area contributed by atoms with Gasteiger partial charge in [-0.05, 0) is 19.9 Å². The van der Waals surface area contributed by atoms with E-state index >= 15 is 0 Å². The molecular weight excluding hydrogens is 284 g/mol. The van der Waals surface area contributed by atoms with Crippen molar-refractivity contribution in [3.8, 4) is 0 Å². The Hall–Kier alpha value is -2.05. The first-order valence-electron chi connectivity index (χ1n) is 7.18. The van der Waals surface area contributed by atoms with Crippen molar-refractivity contribution < 1.29 is 19.9 Å². The molecule has 2 atom stereocenters. The van der Waals surface area contributed by atoms with Gasteiger partial charge in [-0.1, -0.05) is 23.4 Å². The summed E-state index contributed by atoms with van der Waals surface area (Å²) in [5, 5.41) is 23.4. The van der Waals surface area contributed by atoms with Crippen LogP contribution >= 0.6 is 0 Å². The summed E-state index contributed by atoms with van der Waals surface area (Å²) in [4.78, 5) is 5.35. The average molecular weight is 304 g/mol. The van der Waals surface area contributed by atoms with Crippen LogP contribution in [-0.4, -0.2) is 40.1 Å². The van der Waals surface area contributed by atoms with Crippen LogP contribution in [0.15, 0.2) is 35.6 Å². The van der Waals surface area contributed by atoms with Gasteiger partial charge in [0.15, 0.2) is 0 Å². The molecule has 1 aromatic carbocycles. The molecule has 22 heavy (non-hydrogen) atoms. The Morgan fingerprint density at radius 2 is 2.09 bits per heavy atom. The minimum absolute atomic E-state index is 0.133. The van der Waals surface area contributed by atoms with Gasteiger partial charge in [0.25, 0.3) is 0 Å². The van der Waals surface area contributed by atoms with Crippen molar-refractivity contribution in [3.05, 3.63) is 36.0 Å². The van der Waals surface area contributed by atoms with Crippen molar-refractivity contribution in [1.82, 2.24) is 4.73 Å². The molecule has 6 heteroatoms. The molecule has 3 rings (SSSR count). The van der Waals surface area contributed by atoms with Gasteiger partial charge in [-0.25, -0.2) is 0 Å². The first-order valence-corrected chi connectivity index (χ1v) is 7.18. The lowest BCUT2D eigenvalue weighted by molar-refractivity contribution is -0.0392. The number of hydrogen-bond donors (Lipinski definition) is 2. The van der Waals surface area contributed by atoms with Gasteiger partial charge in [-0.2, -0.15) is 4.73 Å². The fraction of sp³-hybridized carbons (Fsp3) is 0.438. The van der Waals surface area contributed by atoms with Gasteiger partial charge in [0.05, 0.1) is 35.6 Å². The summed E-state index contributed by atoms with van der Waals surface area (Å²) in [5.74, 6) is -0.354. The van der Waals surface area contributed by atoms with Crippen molar-refractivity contribution >= 4 is 16.6 Å². The molecule has 0 amide bonds. The van der Waals surface area contributed by atoms with Crippen molar-refractivity contribution in [3.63, 3.8) is 0 Å². The molecule has 2 aromatic rings. The molecule has 0 bridgehead atoms. The van der Waals surface area contributed by atoms with Gasteiger partial charge in [0, 0.05) is 10.9 Å². The van der Waals surface area contributed by atoms with Gasteiger partial charge in [0.2, 0.25) is 0 Å². The molecule has 118 valence electrons. The second kappa shape index (κ2) is 5.30. The Morgan fingerprint density at radius 3 is 2.73 bits per heavy atom. The summed E-state index contributed by atoms with van der Waals surface area (Å²) in [6.45, 7) is 3.63. The SMILES string of the molecule is COn1cc([C@@H]2OC(C)(C)[C@@H](CO)/C2=N/O)c2ccccc21. The maximum atomic E-state index is 9.63. The van der Waals surface area contributed by atoms with E-state index in [1.165, 1.54) is 0 Å². The first kappa shape index (κ1) is 14.9. The van der Waals surface area contributed by atoms with E-state index in [2.05, 4.69) is 5.16 Å². The predicted octanol–water partition coefficient (Wildman–Crippen LogP) is 1.99. The molecule has 1 saturated heterocycles. The van der Waals surface area contributed by atoms with Crippen molar-refractivity contribution in [1.29, 1.82) is 0 Å². The number of aromatic nitrogens is 1. The lowest BCUT2D eigenvalue weighted by atomic mass is 9.88. The summed E-state index contributed by atoms with van der Waals surface area (Å²) >= 11 is 0. The standard InChI is InChI=1S/C16H20N2O4/c1-16(2)12(9-19)14(17-20)15(22-16)11-8-18(21-3)13-7-5-4-6-10(11)13/h4-8,12,15,19-20H,9H2,1-3H3/b17-14-/t12-,15-/m0/s1. The van der Waals surface area contributed by atoms with Gasteiger partial charge in [-0.15, -0.1) is 0 Å². The fourth-order valence-electron chi connectivity index (χ4n) is 3.18. The zero-order valence-corrected chi connectivity index (χ0v) is 12.9. The number of hydrogen-bond acceptors (Lipinski definition) is 5. The van der Waals surface area contributed by atoms with Crippen LogP contribution in [0.3, 0.4) is 0 Å². The molecule has 2 heterocycles. The number of aliphatic hydroxyl groups excluding tert-OH is 1. The quantitative estimate of drug-likeness (QED) is 0.671. The molecule has 0 unspecified atom stereocenters. The van der Waals surface area contributed by atoms with Gasteiger partial charge < -0.3 is 19.9 Å². The number of fused-ring (bicyclic) bond motifs is 1. The molecule has 0 radical (unpaired) electrons. The molecular formula is C16H20N2O4. The Bertz CT molecular complexity index is 720. The summed E-state index contributed by atoms with van der Waals surface area (Å²) in [6, 6.07) is 7.78. The molecule has 1 aliphatic heterocycles. The van der Waals surface area contributed by atoms with Crippen LogP contribution in [0.4, 0.5) is 0 Å². The summed E-state index contributed by atoms with van der Waals surface area (Å²) in [7, 11) is 1.59. The van der Waals surface area contributed by atoms with Crippen LogP contribution in [-0.2, 0) is 4.74 Å². The Labute approximate surface area is 128 Å². The smallest absolute Gasteiger partial charge is 0.127 e. The molecule has 6 nitrogen and oxygen atoms in total. The van der Waals surface area contributed by atoms with E-state index in [-0.39, 0.29) is 12.5 Å². The van der Waals surface area contributed by atoms with Crippen molar-refractivity contribution in [2.24, 2.45) is 11.1 Å². The van der Waals surface area contributed by atoms with Crippen LogP contribution in [0.25, 0.3) is 10.9 Å². The van der Waals surface area contributed by atoms with Crippen LogP contribution in [0.1, 0.15) is 25.5 Å². The molecule has 1 aromatic heterocycles. The minimum atomic E-state index is -0.614. The van der Waals surface area contributed by atoms with E-state index in [0.29, 0.717) is 5.71 Å². The summed E-state index contributed by atoms with van der Waals surface area (Å²) < 4.78 is 7.74. The second-order valence-corrected chi connectivity index (χ2v) is 5.97. The Balaban J connectivity index is 2.16. The number of benzene rings is 1. The second-order valence-electron chi connectivity index (χ2n) is 5.97. The van der Waals surface area contributed by atoms with Crippen LogP contribution in [0.5, 0.6) is 0 Å². The number of oxime groups is 1. The Kier molecular flexibility index (Phi) is 3.58. The number of nitrogens with zero attached hydrogens (tertiary/aromatic N) is 2. The van der Waals surface area contributed by atoms with E-state index in [0.717, 1.165) is 16.5 Å². The molecule has 0 aliphatic carbocycles. The van der Waals surface area contributed by atoms with E-state index in [1.54, 1.807) is 11.8 Å². The molecule has 2 N–H and O–H groups in total. The number of aliphatic hydroxyl groups is 1. The van der Waals surface area contributed by atoms with Crippen LogP contribution in [0.2, 0.25) is 0 Å². The highest BCUT2D eigenvalue weighted by Crippen LogP contribution is 2.43. The summed E-state index contributed by atoms with van der Waals surface area (Å²) in [6.07, 6.45) is 1.31. The third-order valence-electron chi connectivity index (χ3n) is 4.37.